The molecule has 0 saturated carbocycles. The number of sulfone groups is 1. The number of nitro benzene ring substituents is 1. The molecule has 0 amide bonds. The topological polar surface area (TPSA) is 90.4 Å². The van der Waals surface area contributed by atoms with Crippen LogP contribution in [0.5, 0.6) is 0 Å². The minimum Gasteiger partial charge on any atom is -0.445 e. The standard InChI is InChI=1S/C10H9NO5S/c1-2-17(14,15)10-6-7-5-8(11(12)13)3-4-9(7)16-10/h3-6H,2H2,1H3. The monoisotopic (exact) mass is 255 g/mol. The van der Waals surface area contributed by atoms with E-state index in [0.29, 0.717) is 11.0 Å². The van der Waals surface area contributed by atoms with E-state index in [9.17, 15) is 18.5 Å². The molecule has 0 atom stereocenters. The van der Waals surface area contributed by atoms with Gasteiger partial charge in [-0.05, 0) is 6.07 Å². The Hall–Kier alpha value is -1.89. The van der Waals surface area contributed by atoms with E-state index in [4.69, 9.17) is 4.42 Å². The maximum absolute atomic E-state index is 11.6. The van der Waals surface area contributed by atoms with E-state index in [1.807, 2.05) is 0 Å². The van der Waals surface area contributed by atoms with Gasteiger partial charge < -0.3 is 4.42 Å². The van der Waals surface area contributed by atoms with Crippen molar-refractivity contribution in [2.24, 2.45) is 0 Å². The Kier molecular flexibility index (Phi) is 2.62. The lowest BCUT2D eigenvalue weighted by molar-refractivity contribution is -0.384. The predicted molar refractivity (Wildman–Crippen MR) is 60.6 cm³/mol. The van der Waals surface area contributed by atoms with Gasteiger partial charge in [-0.1, -0.05) is 6.92 Å². The van der Waals surface area contributed by atoms with Gasteiger partial charge in [-0.2, -0.15) is 0 Å². The summed E-state index contributed by atoms with van der Waals surface area (Å²) in [5, 5.41) is 10.8. The molecule has 0 radical (unpaired) electrons. The van der Waals surface area contributed by atoms with Crippen molar-refractivity contribution in [2.45, 2.75) is 12.0 Å². The van der Waals surface area contributed by atoms with Crippen molar-refractivity contribution >= 4 is 26.5 Å². The summed E-state index contributed by atoms with van der Waals surface area (Å²) in [6.45, 7) is 1.50. The number of benzene rings is 1. The first kappa shape index (κ1) is 11.6. The molecule has 17 heavy (non-hydrogen) atoms. The van der Waals surface area contributed by atoms with Gasteiger partial charge in [0.25, 0.3) is 5.69 Å². The molecular formula is C10H9NO5S. The molecule has 2 aromatic rings. The average molecular weight is 255 g/mol. The molecule has 0 aliphatic heterocycles. The molecule has 0 aliphatic carbocycles. The summed E-state index contributed by atoms with van der Waals surface area (Å²) in [5.41, 5.74) is 0.223. The van der Waals surface area contributed by atoms with E-state index < -0.39 is 14.8 Å². The van der Waals surface area contributed by atoms with Crippen LogP contribution < -0.4 is 0 Å². The highest BCUT2D eigenvalue weighted by atomic mass is 32.2. The maximum atomic E-state index is 11.6. The van der Waals surface area contributed by atoms with E-state index in [-0.39, 0.29) is 16.5 Å². The van der Waals surface area contributed by atoms with Crippen LogP contribution in [0.25, 0.3) is 11.0 Å². The summed E-state index contributed by atoms with van der Waals surface area (Å²) in [5.74, 6) is -0.0745. The van der Waals surface area contributed by atoms with Gasteiger partial charge in [0.2, 0.25) is 14.9 Å². The number of furan rings is 1. The Labute approximate surface area is 96.9 Å². The summed E-state index contributed by atoms with van der Waals surface area (Å²) >= 11 is 0. The van der Waals surface area contributed by atoms with Crippen molar-refractivity contribution in [3.8, 4) is 0 Å². The van der Waals surface area contributed by atoms with Gasteiger partial charge in [0, 0.05) is 23.6 Å². The van der Waals surface area contributed by atoms with Gasteiger partial charge in [0.1, 0.15) is 5.58 Å². The molecule has 2 rings (SSSR count). The van der Waals surface area contributed by atoms with Crippen molar-refractivity contribution in [3.63, 3.8) is 0 Å². The zero-order valence-electron chi connectivity index (χ0n) is 8.91. The number of rotatable bonds is 3. The average Bonchev–Trinajstić information content (AvgIpc) is 2.72. The van der Waals surface area contributed by atoms with Crippen LogP contribution in [0.3, 0.4) is 0 Å². The number of hydrogen-bond acceptors (Lipinski definition) is 5. The Morgan fingerprint density at radius 1 is 1.35 bits per heavy atom. The molecule has 0 saturated heterocycles. The summed E-state index contributed by atoms with van der Waals surface area (Å²) < 4.78 is 28.3. The molecule has 1 aromatic carbocycles. The highest BCUT2D eigenvalue weighted by Crippen LogP contribution is 2.26. The van der Waals surface area contributed by atoms with Gasteiger partial charge in [-0.15, -0.1) is 0 Å². The van der Waals surface area contributed by atoms with Crippen molar-refractivity contribution in [3.05, 3.63) is 34.4 Å². The fourth-order valence-electron chi connectivity index (χ4n) is 1.42. The number of hydrogen-bond donors (Lipinski definition) is 0. The van der Waals surface area contributed by atoms with Gasteiger partial charge in [0.05, 0.1) is 10.7 Å². The first-order valence-corrected chi connectivity index (χ1v) is 6.50. The van der Waals surface area contributed by atoms with Crippen LogP contribution in [0.4, 0.5) is 5.69 Å². The van der Waals surface area contributed by atoms with E-state index in [2.05, 4.69) is 0 Å². The van der Waals surface area contributed by atoms with Crippen molar-refractivity contribution in [1.82, 2.24) is 0 Å². The second kappa shape index (κ2) is 3.85. The summed E-state index contributed by atoms with van der Waals surface area (Å²) in [6.07, 6.45) is 0. The Bertz CT molecular complexity index is 686. The maximum Gasteiger partial charge on any atom is 0.270 e. The second-order valence-electron chi connectivity index (χ2n) is 3.45. The van der Waals surface area contributed by atoms with Crippen LogP contribution in [0.15, 0.2) is 33.8 Å². The predicted octanol–water partition coefficient (Wildman–Crippen LogP) is 2.13. The largest absolute Gasteiger partial charge is 0.445 e. The first-order valence-electron chi connectivity index (χ1n) is 4.85. The van der Waals surface area contributed by atoms with Crippen molar-refractivity contribution < 1.29 is 17.8 Å². The van der Waals surface area contributed by atoms with E-state index >= 15 is 0 Å². The lowest BCUT2D eigenvalue weighted by Gasteiger charge is -1.92. The third-order valence-corrected chi connectivity index (χ3v) is 3.95. The molecule has 7 heteroatoms. The molecule has 1 heterocycles. The number of non-ortho nitro benzene ring substituents is 1. The molecule has 0 aliphatic rings. The van der Waals surface area contributed by atoms with E-state index in [1.54, 1.807) is 0 Å². The SMILES string of the molecule is CCS(=O)(=O)c1cc2cc([N+](=O)[O-])ccc2o1. The fourth-order valence-corrected chi connectivity index (χ4v) is 2.22. The summed E-state index contributed by atoms with van der Waals surface area (Å²) in [6, 6.07) is 5.25. The molecule has 0 bridgehead atoms. The summed E-state index contributed by atoms with van der Waals surface area (Å²) in [4.78, 5) is 10.0. The molecule has 0 N–H and O–H groups in total. The minimum absolute atomic E-state index is 0.0745. The zero-order chi connectivity index (χ0) is 12.6. The highest BCUT2D eigenvalue weighted by molar-refractivity contribution is 7.91. The van der Waals surface area contributed by atoms with Crippen molar-refractivity contribution in [2.75, 3.05) is 5.75 Å². The second-order valence-corrected chi connectivity index (χ2v) is 5.66. The molecule has 0 spiro atoms. The fraction of sp³-hybridized carbons (Fsp3) is 0.200. The smallest absolute Gasteiger partial charge is 0.270 e. The van der Waals surface area contributed by atoms with Gasteiger partial charge >= 0.3 is 0 Å². The number of nitrogens with zero attached hydrogens (tertiary/aromatic N) is 1. The van der Waals surface area contributed by atoms with Gasteiger partial charge in [-0.25, -0.2) is 8.42 Å². The third-order valence-electron chi connectivity index (χ3n) is 2.37. The molecule has 0 unspecified atom stereocenters. The number of fused-ring (bicyclic) bond motifs is 1. The quantitative estimate of drug-likeness (QED) is 0.619. The van der Waals surface area contributed by atoms with E-state index in [1.165, 1.54) is 31.2 Å². The summed E-state index contributed by atoms with van der Waals surface area (Å²) in [7, 11) is -3.43. The number of nitro groups is 1. The van der Waals surface area contributed by atoms with Crippen LogP contribution in [-0.4, -0.2) is 19.1 Å². The molecule has 1 aromatic heterocycles. The minimum atomic E-state index is -3.43. The van der Waals surface area contributed by atoms with Crippen LogP contribution in [-0.2, 0) is 9.84 Å². The van der Waals surface area contributed by atoms with Crippen LogP contribution in [0.1, 0.15) is 6.92 Å². The molecular weight excluding hydrogens is 246 g/mol. The Morgan fingerprint density at radius 3 is 2.65 bits per heavy atom. The van der Waals surface area contributed by atoms with Crippen LogP contribution >= 0.6 is 0 Å². The van der Waals surface area contributed by atoms with Crippen LogP contribution in [0.2, 0.25) is 0 Å². The Morgan fingerprint density at radius 2 is 2.06 bits per heavy atom. The molecule has 6 nitrogen and oxygen atoms in total. The molecule has 0 fully saturated rings. The Balaban J connectivity index is 2.63. The highest BCUT2D eigenvalue weighted by Gasteiger charge is 2.18. The first-order chi connectivity index (χ1) is 7.94. The lowest BCUT2D eigenvalue weighted by Crippen LogP contribution is -2.01. The third kappa shape index (κ3) is 2.01. The van der Waals surface area contributed by atoms with Crippen LogP contribution in [0, 0.1) is 10.1 Å². The lowest BCUT2D eigenvalue weighted by atomic mass is 10.2. The normalized spacial score (nSPS) is 11.8. The molecule has 90 valence electrons. The van der Waals surface area contributed by atoms with E-state index in [0.717, 1.165) is 0 Å². The zero-order valence-corrected chi connectivity index (χ0v) is 9.73. The van der Waals surface area contributed by atoms with Crippen molar-refractivity contribution in [1.29, 1.82) is 0 Å². The van der Waals surface area contributed by atoms with Gasteiger partial charge in [0.15, 0.2) is 0 Å². The van der Waals surface area contributed by atoms with Gasteiger partial charge in [-0.3, -0.25) is 10.1 Å².